The summed E-state index contributed by atoms with van der Waals surface area (Å²) >= 11 is 0. The standard InChI is InChI=1S/C25H25FN6O4/c1-14-30-20-22(32(14)19-5-4-17(27-3)8-18(19)26)28-13-29-23(20)35-21-15-9-31(10-16(21)12-34-11-15)24(33)36-25(2)6-7-25/h4-5,8,13,15-16,21H,6-7,9-12H2,1-2H3. The predicted molar refractivity (Wildman–Crippen MR) is 126 cm³/mol. The van der Waals surface area contributed by atoms with E-state index in [0.29, 0.717) is 49.2 Å². The van der Waals surface area contributed by atoms with Crippen LogP contribution in [0, 0.1) is 31.1 Å². The fourth-order valence-corrected chi connectivity index (χ4v) is 5.02. The quantitative estimate of drug-likeness (QED) is 0.511. The maximum Gasteiger partial charge on any atom is 0.410 e. The molecular weight excluding hydrogens is 467 g/mol. The Balaban J connectivity index is 1.28. The summed E-state index contributed by atoms with van der Waals surface area (Å²) in [4.78, 5) is 31.0. The summed E-state index contributed by atoms with van der Waals surface area (Å²) < 4.78 is 34.3. The molecule has 2 aromatic heterocycles. The van der Waals surface area contributed by atoms with E-state index in [9.17, 15) is 9.18 Å². The van der Waals surface area contributed by atoms with E-state index < -0.39 is 5.82 Å². The monoisotopic (exact) mass is 492 g/mol. The highest BCUT2D eigenvalue weighted by Crippen LogP contribution is 2.40. The molecule has 2 saturated heterocycles. The molecule has 2 unspecified atom stereocenters. The van der Waals surface area contributed by atoms with Crippen molar-refractivity contribution in [1.29, 1.82) is 0 Å². The van der Waals surface area contributed by atoms with Crippen molar-refractivity contribution in [2.45, 2.75) is 38.4 Å². The molecule has 3 aromatic rings. The molecule has 2 atom stereocenters. The second-order valence-electron chi connectivity index (χ2n) is 9.96. The van der Waals surface area contributed by atoms with Crippen LogP contribution in [-0.4, -0.2) is 68.5 Å². The van der Waals surface area contributed by atoms with Crippen molar-refractivity contribution in [3.63, 3.8) is 0 Å². The molecule has 3 fully saturated rings. The Morgan fingerprint density at radius 3 is 2.67 bits per heavy atom. The van der Waals surface area contributed by atoms with Gasteiger partial charge in [-0.1, -0.05) is 6.07 Å². The molecule has 2 aliphatic heterocycles. The summed E-state index contributed by atoms with van der Waals surface area (Å²) in [7, 11) is 0. The maximum atomic E-state index is 14.8. The molecular formula is C25H25FN6O4. The van der Waals surface area contributed by atoms with E-state index >= 15 is 0 Å². The first kappa shape index (κ1) is 22.7. The number of benzene rings is 1. The lowest BCUT2D eigenvalue weighted by molar-refractivity contribution is -0.111. The van der Waals surface area contributed by atoms with Crippen LogP contribution in [0.25, 0.3) is 21.7 Å². The molecule has 1 saturated carbocycles. The molecule has 4 heterocycles. The van der Waals surface area contributed by atoms with E-state index in [4.69, 9.17) is 20.8 Å². The number of imidazole rings is 1. The van der Waals surface area contributed by atoms with E-state index in [-0.39, 0.29) is 41.0 Å². The highest BCUT2D eigenvalue weighted by atomic mass is 19.1. The Labute approximate surface area is 206 Å². The summed E-state index contributed by atoms with van der Waals surface area (Å²) in [6.45, 7) is 12.7. The minimum Gasteiger partial charge on any atom is -0.472 e. The van der Waals surface area contributed by atoms with Crippen molar-refractivity contribution >= 4 is 22.9 Å². The zero-order valence-corrected chi connectivity index (χ0v) is 20.0. The van der Waals surface area contributed by atoms with Crippen LogP contribution < -0.4 is 4.74 Å². The van der Waals surface area contributed by atoms with Gasteiger partial charge in [0.1, 0.15) is 29.7 Å². The number of fused-ring (bicyclic) bond motifs is 3. The van der Waals surface area contributed by atoms with Crippen molar-refractivity contribution in [3.8, 4) is 11.6 Å². The van der Waals surface area contributed by atoms with Crippen LogP contribution in [0.15, 0.2) is 24.5 Å². The fraction of sp³-hybridized carbons (Fsp3) is 0.480. The normalized spacial score (nSPS) is 24.3. The molecule has 6 rings (SSSR count). The number of likely N-dealkylation sites (tertiary alicyclic amines) is 1. The minimum absolute atomic E-state index is 0.0520. The van der Waals surface area contributed by atoms with Crippen LogP contribution in [-0.2, 0) is 9.47 Å². The molecule has 11 heteroatoms. The number of halogens is 1. The van der Waals surface area contributed by atoms with Gasteiger partial charge in [0.15, 0.2) is 16.9 Å². The third-order valence-electron chi connectivity index (χ3n) is 7.18. The first-order valence-electron chi connectivity index (χ1n) is 11.9. The second-order valence-corrected chi connectivity index (χ2v) is 9.96. The minimum atomic E-state index is -0.544. The highest BCUT2D eigenvalue weighted by molar-refractivity contribution is 5.79. The topological polar surface area (TPSA) is 96.0 Å². The van der Waals surface area contributed by atoms with Gasteiger partial charge in [0.25, 0.3) is 0 Å². The molecule has 36 heavy (non-hydrogen) atoms. The smallest absolute Gasteiger partial charge is 0.410 e. The molecule has 1 aromatic carbocycles. The van der Waals surface area contributed by atoms with E-state index in [1.165, 1.54) is 18.5 Å². The van der Waals surface area contributed by atoms with Gasteiger partial charge in [0.05, 0.1) is 25.5 Å². The van der Waals surface area contributed by atoms with Gasteiger partial charge in [0, 0.05) is 24.9 Å². The first-order chi connectivity index (χ1) is 17.3. The van der Waals surface area contributed by atoms with Crippen molar-refractivity contribution < 1.29 is 23.4 Å². The van der Waals surface area contributed by atoms with Gasteiger partial charge >= 0.3 is 6.09 Å². The number of ether oxygens (including phenoxy) is 3. The number of aromatic nitrogens is 4. The zero-order valence-electron chi connectivity index (χ0n) is 20.0. The molecule has 0 spiro atoms. The fourth-order valence-electron chi connectivity index (χ4n) is 5.02. The summed E-state index contributed by atoms with van der Waals surface area (Å²) in [6.07, 6.45) is 2.67. The van der Waals surface area contributed by atoms with Gasteiger partial charge in [-0.25, -0.2) is 24.0 Å². The largest absolute Gasteiger partial charge is 0.472 e. The Morgan fingerprint density at radius 2 is 2.00 bits per heavy atom. The maximum absolute atomic E-state index is 14.8. The number of hydrogen-bond acceptors (Lipinski definition) is 7. The van der Waals surface area contributed by atoms with E-state index in [1.807, 2.05) is 6.92 Å². The molecule has 10 nitrogen and oxygen atoms in total. The van der Waals surface area contributed by atoms with Crippen molar-refractivity contribution in [2.75, 3.05) is 26.3 Å². The number of aryl methyl sites for hydroxylation is 1. The van der Waals surface area contributed by atoms with E-state index in [0.717, 1.165) is 12.8 Å². The molecule has 3 aliphatic rings. The Kier molecular flexibility index (Phi) is 5.30. The Morgan fingerprint density at radius 1 is 1.25 bits per heavy atom. The third-order valence-corrected chi connectivity index (χ3v) is 7.18. The average Bonchev–Trinajstić information content (AvgIpc) is 3.47. The van der Waals surface area contributed by atoms with Crippen LogP contribution >= 0.6 is 0 Å². The molecule has 186 valence electrons. The molecule has 1 aliphatic carbocycles. The Bertz CT molecular complexity index is 1380. The van der Waals surface area contributed by atoms with Gasteiger partial charge < -0.3 is 19.1 Å². The van der Waals surface area contributed by atoms with E-state index in [2.05, 4.69) is 19.8 Å². The van der Waals surface area contributed by atoms with Gasteiger partial charge in [-0.3, -0.25) is 4.57 Å². The molecule has 2 bridgehead atoms. The summed E-state index contributed by atoms with van der Waals surface area (Å²) in [5.74, 6) is 0.175. The van der Waals surface area contributed by atoms with E-state index in [1.54, 1.807) is 22.5 Å². The lowest BCUT2D eigenvalue weighted by atomic mass is 9.84. The number of carbonyl (C=O) groups is 1. The number of hydrogen-bond donors (Lipinski definition) is 0. The number of amides is 1. The molecule has 0 radical (unpaired) electrons. The lowest BCUT2D eigenvalue weighted by Crippen LogP contribution is -2.59. The summed E-state index contributed by atoms with van der Waals surface area (Å²) in [6, 6.07) is 4.28. The number of rotatable bonds is 4. The number of piperidine rings is 1. The predicted octanol–water partition coefficient (Wildman–Crippen LogP) is 3.83. The van der Waals surface area contributed by atoms with Crippen LogP contribution in [0.3, 0.4) is 0 Å². The van der Waals surface area contributed by atoms with Gasteiger partial charge in [-0.2, -0.15) is 4.98 Å². The summed E-state index contributed by atoms with van der Waals surface area (Å²) in [5, 5.41) is 0. The van der Waals surface area contributed by atoms with Gasteiger partial charge in [0.2, 0.25) is 5.88 Å². The highest BCUT2D eigenvalue weighted by Gasteiger charge is 2.47. The average molecular weight is 493 g/mol. The van der Waals surface area contributed by atoms with Crippen LogP contribution in [0.2, 0.25) is 0 Å². The first-order valence-corrected chi connectivity index (χ1v) is 11.9. The number of carbonyl (C=O) groups excluding carboxylic acids is 1. The number of nitrogens with zero attached hydrogens (tertiary/aromatic N) is 6. The van der Waals surface area contributed by atoms with Gasteiger partial charge in [-0.15, -0.1) is 0 Å². The second kappa shape index (κ2) is 8.41. The third kappa shape index (κ3) is 3.91. The van der Waals surface area contributed by atoms with Crippen LogP contribution in [0.1, 0.15) is 25.6 Å². The SMILES string of the molecule is [C-]#[N+]c1ccc(-n2c(C)nc3c(OC4C5COCC4CN(C(=O)OC4(C)CC4)C5)ncnc32)c(F)c1. The Hall–Kier alpha value is -3.78. The molecule has 1 amide bonds. The zero-order chi connectivity index (χ0) is 25.0. The van der Waals surface area contributed by atoms with Crippen molar-refractivity contribution in [3.05, 3.63) is 47.6 Å². The molecule has 0 N–H and O–H groups in total. The lowest BCUT2D eigenvalue weighted by Gasteiger charge is -2.45. The van der Waals surface area contributed by atoms with Crippen molar-refractivity contribution in [1.82, 2.24) is 24.4 Å². The van der Waals surface area contributed by atoms with Crippen molar-refractivity contribution in [2.24, 2.45) is 11.8 Å². The van der Waals surface area contributed by atoms with Crippen LogP contribution in [0.4, 0.5) is 14.9 Å². The summed E-state index contributed by atoms with van der Waals surface area (Å²) in [5.41, 5.74) is 0.966. The van der Waals surface area contributed by atoms with Crippen LogP contribution in [0.5, 0.6) is 5.88 Å². The van der Waals surface area contributed by atoms with Gasteiger partial charge in [-0.05, 0) is 38.8 Å².